The van der Waals surface area contributed by atoms with Crippen molar-refractivity contribution in [3.05, 3.63) is 11.1 Å². The van der Waals surface area contributed by atoms with Crippen molar-refractivity contribution >= 4 is 6.72 Å². The third kappa shape index (κ3) is 1.82. The minimum absolute atomic E-state index is 0.138. The molecule has 0 aromatic heterocycles. The van der Waals surface area contributed by atoms with Crippen molar-refractivity contribution < 1.29 is 5.11 Å². The van der Waals surface area contributed by atoms with Gasteiger partial charge in [0.25, 0.3) is 0 Å². The van der Waals surface area contributed by atoms with Gasteiger partial charge in [-0.2, -0.15) is 0 Å². The van der Waals surface area contributed by atoms with Crippen LogP contribution in [-0.4, -0.2) is 23.0 Å². The summed E-state index contributed by atoms with van der Waals surface area (Å²) in [7, 11) is 0. The van der Waals surface area contributed by atoms with Gasteiger partial charge in [-0.25, -0.2) is 0 Å². The molecule has 1 unspecified atom stereocenters. The van der Waals surface area contributed by atoms with Crippen molar-refractivity contribution in [3.8, 4) is 0 Å². The third-order valence-electron chi connectivity index (χ3n) is 9.26. The molecule has 0 aromatic rings. The predicted octanol–water partition coefficient (Wildman–Crippen LogP) is 5.65. The molecule has 0 aromatic carbocycles. The molecular formula is C21H39NO. The molecule has 2 heteroatoms. The Morgan fingerprint density at radius 2 is 1.13 bits per heavy atom. The molecule has 1 fully saturated rings. The second-order valence-corrected chi connectivity index (χ2v) is 9.93. The Kier molecular flexibility index (Phi) is 4.38. The van der Waals surface area contributed by atoms with Gasteiger partial charge in [0.15, 0.2) is 0 Å². The first-order valence-corrected chi connectivity index (χ1v) is 8.76. The maximum Gasteiger partial charge on any atom is 0.0928 e. The molecule has 1 aliphatic rings. The zero-order chi connectivity index (χ0) is 18.9. The average Bonchev–Trinajstić information content (AvgIpc) is 2.41. The van der Waals surface area contributed by atoms with E-state index in [4.69, 9.17) is 0 Å². The fraction of sp³-hybridized carbons (Fsp3) is 0.857. The molecule has 1 N–H and O–H groups in total. The van der Waals surface area contributed by atoms with E-state index in [1.807, 2.05) is 6.92 Å². The fourth-order valence-electron chi connectivity index (χ4n) is 5.51. The standard InChI is InChI=1S/C21H39NO/c1-14(2)15(3)19(10)16(4,5)17(6,7)21(12,23)20(11,22-13)18(19,8)9/h23H,13H2,1-12H3/t19-,20?,21+/m1/s1. The molecule has 2 nitrogen and oxygen atoms in total. The van der Waals surface area contributed by atoms with Crippen LogP contribution in [0.25, 0.3) is 0 Å². The summed E-state index contributed by atoms with van der Waals surface area (Å²) in [5.74, 6) is 0. The van der Waals surface area contributed by atoms with Crippen LogP contribution in [0.4, 0.5) is 0 Å². The second kappa shape index (κ2) is 4.94. The number of allylic oxidation sites excluding steroid dienone is 2. The van der Waals surface area contributed by atoms with Gasteiger partial charge < -0.3 is 5.11 Å². The molecule has 0 spiro atoms. The van der Waals surface area contributed by atoms with Crippen LogP contribution in [0, 0.1) is 21.7 Å². The molecule has 0 heterocycles. The van der Waals surface area contributed by atoms with Crippen LogP contribution < -0.4 is 0 Å². The molecule has 3 atom stereocenters. The Hall–Kier alpha value is -0.630. The van der Waals surface area contributed by atoms with E-state index in [2.05, 4.69) is 87.9 Å². The van der Waals surface area contributed by atoms with Gasteiger partial charge in [0.05, 0.1) is 11.1 Å². The Labute approximate surface area is 144 Å². The Morgan fingerprint density at radius 3 is 1.43 bits per heavy atom. The lowest BCUT2D eigenvalue weighted by atomic mass is 9.31. The lowest BCUT2D eigenvalue weighted by molar-refractivity contribution is -0.280. The molecule has 0 radical (unpaired) electrons. The highest BCUT2D eigenvalue weighted by molar-refractivity contribution is 5.39. The number of hydrogen-bond donors (Lipinski definition) is 1. The van der Waals surface area contributed by atoms with E-state index in [0.29, 0.717) is 0 Å². The van der Waals surface area contributed by atoms with Crippen molar-refractivity contribution in [2.24, 2.45) is 26.7 Å². The summed E-state index contributed by atoms with van der Waals surface area (Å²) < 4.78 is 0. The minimum atomic E-state index is -0.976. The zero-order valence-corrected chi connectivity index (χ0v) is 17.6. The van der Waals surface area contributed by atoms with Gasteiger partial charge in [0, 0.05) is 16.2 Å². The summed E-state index contributed by atoms with van der Waals surface area (Å²) in [5, 5.41) is 11.7. The van der Waals surface area contributed by atoms with Crippen LogP contribution in [0.15, 0.2) is 16.1 Å². The normalized spacial score (nSPS) is 41.3. The lowest BCUT2D eigenvalue weighted by Crippen LogP contribution is -2.78. The minimum Gasteiger partial charge on any atom is -0.387 e. The molecule has 23 heavy (non-hydrogen) atoms. The van der Waals surface area contributed by atoms with Gasteiger partial charge in [-0.3, -0.25) is 4.99 Å². The first kappa shape index (κ1) is 20.4. The van der Waals surface area contributed by atoms with E-state index in [0.717, 1.165) is 0 Å². The molecule has 0 saturated heterocycles. The smallest absolute Gasteiger partial charge is 0.0928 e. The Morgan fingerprint density at radius 1 is 0.739 bits per heavy atom. The van der Waals surface area contributed by atoms with Crippen LogP contribution >= 0.6 is 0 Å². The molecule has 0 aliphatic heterocycles. The van der Waals surface area contributed by atoms with Gasteiger partial charge >= 0.3 is 0 Å². The number of hydrogen-bond acceptors (Lipinski definition) is 2. The van der Waals surface area contributed by atoms with Crippen LogP contribution in [0.3, 0.4) is 0 Å². The van der Waals surface area contributed by atoms with Gasteiger partial charge in [-0.05, 0) is 46.8 Å². The first-order chi connectivity index (χ1) is 9.91. The molecule has 0 bridgehead atoms. The van der Waals surface area contributed by atoms with Crippen LogP contribution in [0.5, 0.6) is 0 Å². The van der Waals surface area contributed by atoms with E-state index in [1.54, 1.807) is 0 Å². The summed E-state index contributed by atoms with van der Waals surface area (Å²) in [4.78, 5) is 4.56. The summed E-state index contributed by atoms with van der Waals surface area (Å²) in [6, 6.07) is 0. The van der Waals surface area contributed by atoms with Crippen LogP contribution in [0.2, 0.25) is 0 Å². The predicted molar refractivity (Wildman–Crippen MR) is 102 cm³/mol. The number of nitrogens with zero attached hydrogens (tertiary/aromatic N) is 1. The first-order valence-electron chi connectivity index (χ1n) is 8.76. The van der Waals surface area contributed by atoms with Crippen molar-refractivity contribution in [2.75, 3.05) is 0 Å². The maximum atomic E-state index is 11.7. The summed E-state index contributed by atoms with van der Waals surface area (Å²) in [6.45, 7) is 30.4. The Balaban J connectivity index is 4.08. The number of rotatable bonds is 2. The van der Waals surface area contributed by atoms with E-state index in [-0.39, 0.29) is 21.7 Å². The monoisotopic (exact) mass is 321 g/mol. The number of aliphatic hydroxyl groups is 1. The molecule has 1 saturated carbocycles. The third-order valence-corrected chi connectivity index (χ3v) is 9.26. The van der Waals surface area contributed by atoms with Gasteiger partial charge in [-0.15, -0.1) is 0 Å². The maximum absolute atomic E-state index is 11.7. The zero-order valence-electron chi connectivity index (χ0n) is 17.6. The molecule has 1 aliphatic carbocycles. The van der Waals surface area contributed by atoms with Gasteiger partial charge in [0.1, 0.15) is 0 Å². The summed E-state index contributed by atoms with van der Waals surface area (Å²) in [6.07, 6.45) is 0. The Bertz CT molecular complexity index is 546. The average molecular weight is 322 g/mol. The van der Waals surface area contributed by atoms with Gasteiger partial charge in [-0.1, -0.05) is 59.6 Å². The highest BCUT2D eigenvalue weighted by Gasteiger charge is 2.76. The van der Waals surface area contributed by atoms with E-state index < -0.39 is 11.1 Å². The highest BCUT2D eigenvalue weighted by Crippen LogP contribution is 2.75. The van der Waals surface area contributed by atoms with E-state index >= 15 is 0 Å². The molecular weight excluding hydrogens is 282 g/mol. The lowest BCUT2D eigenvalue weighted by Gasteiger charge is -2.75. The SMILES string of the molecule is C=NC1(C)C(C)(C)[C@](C)(C(C)=C(C)C)C(C)(C)C(C)(C)[C@]1(C)O. The van der Waals surface area contributed by atoms with Gasteiger partial charge in [0.2, 0.25) is 0 Å². The van der Waals surface area contributed by atoms with Crippen molar-refractivity contribution in [2.45, 2.75) is 94.2 Å². The van der Waals surface area contributed by atoms with E-state index in [9.17, 15) is 5.11 Å². The van der Waals surface area contributed by atoms with Crippen LogP contribution in [-0.2, 0) is 0 Å². The second-order valence-electron chi connectivity index (χ2n) is 9.93. The van der Waals surface area contributed by atoms with Crippen molar-refractivity contribution in [3.63, 3.8) is 0 Å². The number of aliphatic imine (C=N–C) groups is 1. The molecule has 0 amide bonds. The topological polar surface area (TPSA) is 32.6 Å². The largest absolute Gasteiger partial charge is 0.387 e. The fourth-order valence-corrected chi connectivity index (χ4v) is 5.51. The van der Waals surface area contributed by atoms with Crippen molar-refractivity contribution in [1.29, 1.82) is 0 Å². The summed E-state index contributed by atoms with van der Waals surface area (Å²) in [5.41, 5.74) is 0.200. The summed E-state index contributed by atoms with van der Waals surface area (Å²) >= 11 is 0. The van der Waals surface area contributed by atoms with Crippen LogP contribution in [0.1, 0.15) is 83.1 Å². The van der Waals surface area contributed by atoms with Crippen molar-refractivity contribution in [1.82, 2.24) is 0 Å². The molecule has 1 rings (SSSR count). The molecule has 134 valence electrons. The quantitative estimate of drug-likeness (QED) is 0.517. The highest BCUT2D eigenvalue weighted by atomic mass is 16.3. The van der Waals surface area contributed by atoms with E-state index in [1.165, 1.54) is 11.1 Å².